The largest absolute Gasteiger partial charge is 0.349 e. The van der Waals surface area contributed by atoms with Gasteiger partial charge in [0, 0.05) is 22.7 Å². The third-order valence-electron chi connectivity index (χ3n) is 5.61. The highest BCUT2D eigenvalue weighted by Crippen LogP contribution is 2.33. The lowest BCUT2D eigenvalue weighted by atomic mass is 9.99. The molecule has 0 bridgehead atoms. The zero-order chi connectivity index (χ0) is 25.2. The fourth-order valence-corrected chi connectivity index (χ4v) is 5.45. The lowest BCUT2D eigenvalue weighted by Crippen LogP contribution is -2.49. The highest BCUT2D eigenvalue weighted by molar-refractivity contribution is 7.90. The van der Waals surface area contributed by atoms with Gasteiger partial charge >= 0.3 is 0 Å². The Morgan fingerprint density at radius 2 is 1.60 bits per heavy atom. The molecule has 3 aromatic rings. The molecule has 0 fully saturated rings. The first kappa shape index (κ1) is 24.9. The van der Waals surface area contributed by atoms with E-state index in [2.05, 4.69) is 9.71 Å². The molecule has 1 aliphatic rings. The summed E-state index contributed by atoms with van der Waals surface area (Å²) in [5.74, 6) is 0.0119. The molecule has 1 amide bonds. The standard InChI is InChI=1S/C27H28ClN3O3S/c1-27(2,3)29-26(32)24(20-13-15-21(28)16-14-20)31(18-17-19-9-5-4-6-10-19)25-22-11-7-8-12-23(22)35(33,34)30-25/h4-16,24H,17-18H2,1-3H3,(H,29,32). The van der Waals surface area contributed by atoms with Crippen LogP contribution in [0.15, 0.2) is 88.2 Å². The summed E-state index contributed by atoms with van der Waals surface area (Å²) in [7, 11) is -3.87. The van der Waals surface area contributed by atoms with Gasteiger partial charge in [-0.25, -0.2) is 0 Å². The first-order valence-corrected chi connectivity index (χ1v) is 13.2. The number of nitrogens with one attached hydrogen (secondary N) is 1. The Labute approximate surface area is 211 Å². The van der Waals surface area contributed by atoms with Gasteiger partial charge in [0.1, 0.15) is 10.9 Å². The van der Waals surface area contributed by atoms with Gasteiger partial charge in [0.15, 0.2) is 5.84 Å². The third-order valence-corrected chi connectivity index (χ3v) is 7.19. The van der Waals surface area contributed by atoms with Gasteiger partial charge in [0.25, 0.3) is 10.0 Å². The summed E-state index contributed by atoms with van der Waals surface area (Å²) in [4.78, 5) is 15.7. The zero-order valence-corrected chi connectivity index (χ0v) is 21.5. The van der Waals surface area contributed by atoms with E-state index in [-0.39, 0.29) is 16.6 Å². The number of amides is 1. The maximum atomic E-state index is 13.7. The van der Waals surface area contributed by atoms with Crippen molar-refractivity contribution in [3.8, 4) is 0 Å². The van der Waals surface area contributed by atoms with Crippen molar-refractivity contribution in [2.24, 2.45) is 4.40 Å². The van der Waals surface area contributed by atoms with E-state index in [1.54, 1.807) is 53.4 Å². The van der Waals surface area contributed by atoms with Crippen LogP contribution in [0, 0.1) is 0 Å². The first-order chi connectivity index (χ1) is 16.5. The summed E-state index contributed by atoms with van der Waals surface area (Å²) in [5, 5.41) is 3.61. The van der Waals surface area contributed by atoms with Gasteiger partial charge in [-0.15, -0.1) is 4.40 Å². The van der Waals surface area contributed by atoms with Gasteiger partial charge in [-0.3, -0.25) is 4.79 Å². The van der Waals surface area contributed by atoms with Crippen LogP contribution in [0.2, 0.25) is 5.02 Å². The molecule has 1 unspecified atom stereocenters. The van der Waals surface area contributed by atoms with Gasteiger partial charge in [0.2, 0.25) is 5.91 Å². The smallest absolute Gasteiger partial charge is 0.285 e. The van der Waals surface area contributed by atoms with Crippen LogP contribution in [0.25, 0.3) is 0 Å². The van der Waals surface area contributed by atoms with Crippen molar-refractivity contribution in [3.63, 3.8) is 0 Å². The number of halogens is 1. The van der Waals surface area contributed by atoms with Crippen molar-refractivity contribution in [2.75, 3.05) is 6.54 Å². The number of amidine groups is 1. The van der Waals surface area contributed by atoms with Crippen LogP contribution in [0.5, 0.6) is 0 Å². The molecule has 0 aromatic heterocycles. The number of fused-ring (bicyclic) bond motifs is 1. The van der Waals surface area contributed by atoms with Crippen molar-refractivity contribution in [1.29, 1.82) is 0 Å². The number of sulfonamides is 1. The number of carbonyl (C=O) groups is 1. The number of nitrogens with zero attached hydrogens (tertiary/aromatic N) is 2. The predicted molar refractivity (Wildman–Crippen MR) is 139 cm³/mol. The van der Waals surface area contributed by atoms with E-state index >= 15 is 0 Å². The summed E-state index contributed by atoms with van der Waals surface area (Å²) in [5.41, 5.74) is 1.75. The van der Waals surface area contributed by atoms with Crippen molar-refractivity contribution in [3.05, 3.63) is 101 Å². The van der Waals surface area contributed by atoms with Crippen molar-refractivity contribution < 1.29 is 13.2 Å². The van der Waals surface area contributed by atoms with Crippen LogP contribution in [0.1, 0.15) is 43.5 Å². The minimum atomic E-state index is -3.87. The second kappa shape index (κ2) is 9.84. The molecule has 4 rings (SSSR count). The van der Waals surface area contributed by atoms with Crippen molar-refractivity contribution in [2.45, 2.75) is 43.7 Å². The maximum Gasteiger partial charge on any atom is 0.285 e. The summed E-state index contributed by atoms with van der Waals surface area (Å²) in [6.07, 6.45) is 0.592. The van der Waals surface area contributed by atoms with Crippen molar-refractivity contribution >= 4 is 33.4 Å². The Hall–Kier alpha value is -3.16. The lowest BCUT2D eigenvalue weighted by Gasteiger charge is -2.35. The summed E-state index contributed by atoms with van der Waals surface area (Å²) < 4.78 is 30.0. The average molecular weight is 510 g/mol. The summed E-state index contributed by atoms with van der Waals surface area (Å²) in [6, 6.07) is 22.8. The molecular formula is C27H28ClN3O3S. The fourth-order valence-electron chi connectivity index (χ4n) is 4.10. The molecule has 1 atom stereocenters. The van der Waals surface area contributed by atoms with Gasteiger partial charge in [-0.1, -0.05) is 66.2 Å². The molecule has 1 aliphatic heterocycles. The fraction of sp³-hybridized carbons (Fsp3) is 0.259. The SMILES string of the molecule is CC(C)(C)NC(=O)C(c1ccc(Cl)cc1)N(CCc1ccccc1)C1=NS(=O)(=O)c2ccccc21. The Balaban J connectivity index is 1.85. The molecule has 35 heavy (non-hydrogen) atoms. The molecule has 0 spiro atoms. The van der Waals surface area contributed by atoms with Gasteiger partial charge in [0.05, 0.1) is 0 Å². The van der Waals surface area contributed by atoms with E-state index in [4.69, 9.17) is 11.6 Å². The molecule has 0 aliphatic carbocycles. The minimum absolute atomic E-state index is 0.144. The van der Waals surface area contributed by atoms with E-state index < -0.39 is 21.6 Å². The quantitative estimate of drug-likeness (QED) is 0.507. The number of hydrogen-bond donors (Lipinski definition) is 1. The molecule has 182 valence electrons. The van der Waals surface area contributed by atoms with Crippen LogP contribution in [-0.2, 0) is 21.2 Å². The Morgan fingerprint density at radius 3 is 2.26 bits per heavy atom. The molecule has 0 radical (unpaired) electrons. The monoisotopic (exact) mass is 509 g/mol. The topological polar surface area (TPSA) is 78.8 Å². The number of carbonyl (C=O) groups excluding carboxylic acids is 1. The lowest BCUT2D eigenvalue weighted by molar-refractivity contribution is -0.126. The Morgan fingerprint density at radius 1 is 0.971 bits per heavy atom. The third kappa shape index (κ3) is 5.74. The summed E-state index contributed by atoms with van der Waals surface area (Å²) >= 11 is 6.14. The minimum Gasteiger partial charge on any atom is -0.349 e. The van der Waals surface area contributed by atoms with Crippen LogP contribution in [0.4, 0.5) is 0 Å². The van der Waals surface area contributed by atoms with Crippen molar-refractivity contribution in [1.82, 2.24) is 10.2 Å². The van der Waals surface area contributed by atoms with Crippen LogP contribution >= 0.6 is 11.6 Å². The van der Waals surface area contributed by atoms with Crippen LogP contribution in [0.3, 0.4) is 0 Å². The van der Waals surface area contributed by atoms with E-state index in [0.717, 1.165) is 5.56 Å². The highest BCUT2D eigenvalue weighted by atomic mass is 35.5. The zero-order valence-electron chi connectivity index (χ0n) is 19.9. The van der Waals surface area contributed by atoms with Crippen LogP contribution < -0.4 is 5.32 Å². The molecule has 1 heterocycles. The number of benzene rings is 3. The molecule has 0 saturated heterocycles. The Kier molecular flexibility index (Phi) is 7.01. The van der Waals surface area contributed by atoms with E-state index in [0.29, 0.717) is 29.1 Å². The average Bonchev–Trinajstić information content (AvgIpc) is 3.08. The highest BCUT2D eigenvalue weighted by Gasteiger charge is 2.38. The maximum absolute atomic E-state index is 13.7. The van der Waals surface area contributed by atoms with Gasteiger partial charge in [-0.2, -0.15) is 8.42 Å². The molecular weight excluding hydrogens is 482 g/mol. The second-order valence-electron chi connectivity index (χ2n) is 9.51. The molecule has 1 N–H and O–H groups in total. The van der Waals surface area contributed by atoms with E-state index in [1.165, 1.54) is 0 Å². The molecule has 8 heteroatoms. The number of rotatable bonds is 6. The number of hydrogen-bond acceptors (Lipinski definition) is 4. The molecule has 0 saturated carbocycles. The molecule has 3 aromatic carbocycles. The Bertz CT molecular complexity index is 1350. The van der Waals surface area contributed by atoms with E-state index in [1.807, 2.05) is 51.1 Å². The predicted octanol–water partition coefficient (Wildman–Crippen LogP) is 4.99. The summed E-state index contributed by atoms with van der Waals surface area (Å²) in [6.45, 7) is 6.10. The first-order valence-electron chi connectivity index (χ1n) is 11.4. The van der Waals surface area contributed by atoms with E-state index in [9.17, 15) is 13.2 Å². The second-order valence-corrected chi connectivity index (χ2v) is 11.5. The molecule has 6 nitrogen and oxygen atoms in total. The van der Waals surface area contributed by atoms with Crippen LogP contribution in [-0.4, -0.2) is 37.1 Å². The van der Waals surface area contributed by atoms with Gasteiger partial charge < -0.3 is 10.2 Å². The van der Waals surface area contributed by atoms with Gasteiger partial charge in [-0.05, 0) is 62.6 Å². The normalized spacial score (nSPS) is 15.1.